The summed E-state index contributed by atoms with van der Waals surface area (Å²) in [6, 6.07) is 19.2. The Morgan fingerprint density at radius 1 is 1.08 bits per heavy atom. The molecule has 2 saturated heterocycles. The number of nitro groups is 1. The number of carbonyl (C=O) groups is 3. The molecular weight excluding hydrogens is 657 g/mol. The van der Waals surface area contributed by atoms with Gasteiger partial charge < -0.3 is 29.3 Å². The van der Waals surface area contributed by atoms with Gasteiger partial charge in [0.25, 0.3) is 11.6 Å². The highest BCUT2D eigenvalue weighted by molar-refractivity contribution is 6.71. The molecule has 4 aliphatic rings. The Hall–Kier alpha value is -4.43. The van der Waals surface area contributed by atoms with E-state index < -0.39 is 48.4 Å². The molecule has 2 N–H and O–H groups in total. The van der Waals surface area contributed by atoms with Crippen molar-refractivity contribution in [2.24, 2.45) is 5.92 Å². The van der Waals surface area contributed by atoms with Crippen molar-refractivity contribution in [1.82, 2.24) is 4.90 Å². The highest BCUT2D eigenvalue weighted by atomic mass is 28.4. The molecule has 0 saturated carbocycles. The van der Waals surface area contributed by atoms with E-state index in [0.717, 1.165) is 28.8 Å². The number of nitro benzene ring substituents is 1. The second-order valence-electron chi connectivity index (χ2n) is 14.6. The summed E-state index contributed by atoms with van der Waals surface area (Å²) in [6.45, 7) is 6.21. The third kappa shape index (κ3) is 5.62. The molecule has 3 aromatic carbocycles. The fourth-order valence-electron chi connectivity index (χ4n) is 8.79. The van der Waals surface area contributed by atoms with Crippen molar-refractivity contribution < 1.29 is 33.9 Å². The molecule has 0 bridgehead atoms. The first-order chi connectivity index (χ1) is 23.8. The molecule has 3 amide bonds. The van der Waals surface area contributed by atoms with Crippen LogP contribution < -0.4 is 9.80 Å². The molecule has 262 valence electrons. The number of hydrogen-bond acceptors (Lipinski definition) is 8. The van der Waals surface area contributed by atoms with Crippen LogP contribution in [-0.4, -0.2) is 71.1 Å². The number of carbonyl (C=O) groups excluding carboxylic acids is 3. The van der Waals surface area contributed by atoms with Crippen LogP contribution in [0.1, 0.15) is 48.4 Å². The first kappa shape index (κ1) is 34.0. The van der Waals surface area contributed by atoms with Crippen LogP contribution in [-0.2, 0) is 44.2 Å². The Balaban J connectivity index is 1.25. The van der Waals surface area contributed by atoms with Crippen molar-refractivity contribution in [3.63, 3.8) is 0 Å². The Morgan fingerprint density at radius 2 is 1.84 bits per heavy atom. The molecule has 1 spiro atoms. The number of ether oxygens (including phenoxy) is 1. The van der Waals surface area contributed by atoms with Gasteiger partial charge >= 0.3 is 0 Å². The number of anilines is 2. The maximum Gasteiger partial charge on any atom is 0.269 e. The molecule has 5 atom stereocenters. The summed E-state index contributed by atoms with van der Waals surface area (Å²) in [5, 5.41) is 22.3. The Morgan fingerprint density at radius 3 is 2.52 bits per heavy atom. The van der Waals surface area contributed by atoms with E-state index in [2.05, 4.69) is 0 Å². The highest BCUT2D eigenvalue weighted by Gasteiger charge is 2.66. The van der Waals surface area contributed by atoms with Gasteiger partial charge in [0, 0.05) is 54.4 Å². The summed E-state index contributed by atoms with van der Waals surface area (Å²) in [5.41, 5.74) is 1.94. The van der Waals surface area contributed by atoms with Crippen molar-refractivity contribution in [3.8, 4) is 0 Å². The number of non-ortho nitro benzene ring substituents is 1. The summed E-state index contributed by atoms with van der Waals surface area (Å²) in [6.07, 6.45) is 0.779. The van der Waals surface area contributed by atoms with Gasteiger partial charge in [0.2, 0.25) is 11.8 Å². The summed E-state index contributed by atoms with van der Waals surface area (Å²) in [7, 11) is -3.14. The van der Waals surface area contributed by atoms with Crippen molar-refractivity contribution in [3.05, 3.63) is 99.1 Å². The molecular formula is C37H42N4O8Si. The highest BCUT2D eigenvalue weighted by Crippen LogP contribution is 2.60. The van der Waals surface area contributed by atoms with Crippen molar-refractivity contribution >= 4 is 43.1 Å². The second-order valence-corrected chi connectivity index (χ2v) is 18.5. The largest absolute Gasteiger partial charge is 0.432 e. The number of hydrogen-bond donors (Lipinski definition) is 2. The SMILES string of the molecule is C[C@@H]1[C@@H]([Si](C)(C)O)[C@H](CC(=O)N2Cc3ccccc3C[C@H]2CO)O[C@@]12C(=O)N(Cc1cccc(N3CCCC3=O)c1)c1ccc([N+](=O)[O-])cc12. The van der Waals surface area contributed by atoms with Gasteiger partial charge in [-0.05, 0) is 60.8 Å². The number of rotatable bonds is 8. The van der Waals surface area contributed by atoms with Crippen LogP contribution in [0.4, 0.5) is 17.1 Å². The summed E-state index contributed by atoms with van der Waals surface area (Å²) < 4.78 is 6.82. The quantitative estimate of drug-likeness (QED) is 0.200. The first-order valence-corrected chi connectivity index (χ1v) is 20.2. The average Bonchev–Trinajstić information content (AvgIpc) is 3.72. The maximum absolute atomic E-state index is 14.9. The maximum atomic E-state index is 14.9. The lowest BCUT2D eigenvalue weighted by molar-refractivity contribution is -0.385. The van der Waals surface area contributed by atoms with Crippen LogP contribution in [0.5, 0.6) is 0 Å². The molecule has 4 aliphatic heterocycles. The van der Waals surface area contributed by atoms with Gasteiger partial charge in [0.1, 0.15) is 0 Å². The van der Waals surface area contributed by atoms with Crippen LogP contribution in [0.25, 0.3) is 0 Å². The monoisotopic (exact) mass is 698 g/mol. The van der Waals surface area contributed by atoms with Crippen molar-refractivity contribution in [1.29, 1.82) is 0 Å². The number of nitrogens with zero attached hydrogens (tertiary/aromatic N) is 4. The molecule has 0 aromatic heterocycles. The van der Waals surface area contributed by atoms with Gasteiger partial charge in [-0.25, -0.2) is 0 Å². The summed E-state index contributed by atoms with van der Waals surface area (Å²) >= 11 is 0. The second kappa shape index (κ2) is 12.7. The van der Waals surface area contributed by atoms with Crippen molar-refractivity contribution in [2.75, 3.05) is 23.0 Å². The third-order valence-corrected chi connectivity index (χ3v) is 13.6. The lowest BCUT2D eigenvalue weighted by atomic mass is 9.82. The van der Waals surface area contributed by atoms with E-state index in [0.29, 0.717) is 37.2 Å². The zero-order valence-corrected chi connectivity index (χ0v) is 29.4. The standard InChI is InChI=1S/C37H42N4O8Si/c1-23-35(50(2,3)48)32(19-34(44)39-21-26-10-5-4-9-25(26)17-29(39)22-42)49-37(23)30-18-28(41(46)47)13-14-31(30)40(36(37)45)20-24-8-6-11-27(16-24)38-15-7-12-33(38)43/h4-6,8-11,13-14,16,18,23,29,32,35,42,48H,7,12,15,17,19-22H2,1-3H3/t23-,29+,32+,35-,37+/m1/s1. The van der Waals surface area contributed by atoms with Crippen LogP contribution >= 0.6 is 0 Å². The number of amides is 3. The molecule has 50 heavy (non-hydrogen) atoms. The number of aliphatic hydroxyl groups is 1. The molecule has 0 unspecified atom stereocenters. The minimum atomic E-state index is -3.14. The fourth-order valence-corrected chi connectivity index (χ4v) is 11.3. The average molecular weight is 699 g/mol. The zero-order chi connectivity index (χ0) is 35.5. The first-order valence-electron chi connectivity index (χ1n) is 17.2. The summed E-state index contributed by atoms with van der Waals surface area (Å²) in [4.78, 5) is 69.7. The van der Waals surface area contributed by atoms with Gasteiger partial charge in [-0.1, -0.05) is 43.3 Å². The van der Waals surface area contributed by atoms with Crippen LogP contribution in [0, 0.1) is 16.0 Å². The van der Waals surface area contributed by atoms with E-state index in [9.17, 15) is 34.4 Å². The van der Waals surface area contributed by atoms with Gasteiger partial charge in [-0.2, -0.15) is 0 Å². The lowest BCUT2D eigenvalue weighted by Crippen LogP contribution is -2.48. The van der Waals surface area contributed by atoms with Crippen LogP contribution in [0.3, 0.4) is 0 Å². The minimum absolute atomic E-state index is 0.0469. The van der Waals surface area contributed by atoms with E-state index in [1.807, 2.05) is 55.5 Å². The van der Waals surface area contributed by atoms with E-state index in [1.54, 1.807) is 33.9 Å². The molecule has 0 radical (unpaired) electrons. The zero-order valence-electron chi connectivity index (χ0n) is 28.4. The number of benzene rings is 3. The molecule has 4 heterocycles. The number of fused-ring (bicyclic) bond motifs is 3. The molecule has 2 fully saturated rings. The Bertz CT molecular complexity index is 1880. The predicted molar refractivity (Wildman–Crippen MR) is 188 cm³/mol. The Labute approximate surface area is 291 Å². The predicted octanol–water partition coefficient (Wildman–Crippen LogP) is 4.40. The van der Waals surface area contributed by atoms with E-state index in [4.69, 9.17) is 4.74 Å². The Kier molecular flexibility index (Phi) is 8.65. The number of aliphatic hydroxyl groups excluding tert-OH is 1. The molecule has 12 nitrogen and oxygen atoms in total. The van der Waals surface area contributed by atoms with Gasteiger partial charge in [0.15, 0.2) is 13.9 Å². The lowest BCUT2D eigenvalue weighted by Gasteiger charge is -2.37. The molecule has 7 rings (SSSR count). The van der Waals surface area contributed by atoms with E-state index in [1.165, 1.54) is 12.1 Å². The molecule has 0 aliphatic carbocycles. The molecule has 13 heteroatoms. The normalized spacial score (nSPS) is 26.1. The van der Waals surface area contributed by atoms with Crippen molar-refractivity contribution in [2.45, 2.75) is 82.1 Å². The minimum Gasteiger partial charge on any atom is -0.432 e. The topological polar surface area (TPSA) is 154 Å². The summed E-state index contributed by atoms with van der Waals surface area (Å²) in [5.74, 6) is -1.26. The van der Waals surface area contributed by atoms with Crippen LogP contribution in [0.2, 0.25) is 18.6 Å². The molecule has 3 aromatic rings. The van der Waals surface area contributed by atoms with Gasteiger partial charge in [-0.3, -0.25) is 24.5 Å². The smallest absolute Gasteiger partial charge is 0.269 e. The van der Waals surface area contributed by atoms with E-state index >= 15 is 0 Å². The van der Waals surface area contributed by atoms with Gasteiger partial charge in [0.05, 0.1) is 42.3 Å². The van der Waals surface area contributed by atoms with Crippen LogP contribution in [0.15, 0.2) is 66.7 Å². The third-order valence-electron chi connectivity index (χ3n) is 11.1. The fraction of sp³-hybridized carbons (Fsp3) is 0.432. The van der Waals surface area contributed by atoms with E-state index in [-0.39, 0.29) is 37.1 Å². The van der Waals surface area contributed by atoms with Gasteiger partial charge in [-0.15, -0.1) is 0 Å².